The van der Waals surface area contributed by atoms with Crippen LogP contribution in [0.4, 0.5) is 0 Å². The number of carbonyl (C=O) groups excluding carboxylic acids is 1. The predicted octanol–water partition coefficient (Wildman–Crippen LogP) is 1.89. The second-order valence-electron chi connectivity index (χ2n) is 6.29. The Morgan fingerprint density at radius 1 is 1.10 bits per heavy atom. The van der Waals surface area contributed by atoms with E-state index >= 15 is 0 Å². The molecule has 0 radical (unpaired) electrons. The van der Waals surface area contributed by atoms with Gasteiger partial charge in [-0.25, -0.2) is 12.7 Å². The monoisotopic (exact) mass is 316 g/mol. The van der Waals surface area contributed by atoms with Crippen LogP contribution in [0, 0.1) is 5.92 Å². The summed E-state index contributed by atoms with van der Waals surface area (Å²) < 4.78 is 25.4. The molecule has 122 valence electrons. The Hall–Kier alpha value is -0.620. The molecule has 6 heteroatoms. The van der Waals surface area contributed by atoms with Crippen molar-refractivity contribution in [2.45, 2.75) is 64.3 Å². The zero-order valence-electron chi connectivity index (χ0n) is 13.0. The molecular weight excluding hydrogens is 288 g/mol. The van der Waals surface area contributed by atoms with E-state index in [1.54, 1.807) is 6.92 Å². The number of piperidine rings is 1. The van der Waals surface area contributed by atoms with Crippen molar-refractivity contribution in [1.29, 1.82) is 0 Å². The molecule has 1 atom stereocenters. The molecule has 1 saturated carbocycles. The zero-order valence-corrected chi connectivity index (χ0v) is 13.8. The van der Waals surface area contributed by atoms with Crippen LogP contribution < -0.4 is 5.32 Å². The summed E-state index contributed by atoms with van der Waals surface area (Å²) in [7, 11) is -3.17. The molecule has 1 amide bonds. The van der Waals surface area contributed by atoms with Crippen LogP contribution in [0.5, 0.6) is 0 Å². The molecule has 5 nitrogen and oxygen atoms in total. The zero-order chi connectivity index (χ0) is 15.3. The van der Waals surface area contributed by atoms with Crippen molar-refractivity contribution in [3.05, 3.63) is 0 Å². The van der Waals surface area contributed by atoms with Crippen molar-refractivity contribution in [2.75, 3.05) is 18.8 Å². The molecule has 2 aliphatic rings. The Kier molecular flexibility index (Phi) is 6.05. The lowest BCUT2D eigenvalue weighted by molar-refractivity contribution is -0.126. The van der Waals surface area contributed by atoms with Crippen LogP contribution >= 0.6 is 0 Å². The highest BCUT2D eigenvalue weighted by molar-refractivity contribution is 7.89. The number of hydrogen-bond donors (Lipinski definition) is 1. The number of sulfonamides is 1. The summed E-state index contributed by atoms with van der Waals surface area (Å²) in [5, 5.41) is 3.16. The molecule has 0 aromatic heterocycles. The SMILES string of the molecule is CCS(=O)(=O)N1CCC[C@@H](C(=O)NC2CCCCCC2)C1. The van der Waals surface area contributed by atoms with Gasteiger partial charge in [0.2, 0.25) is 15.9 Å². The van der Waals surface area contributed by atoms with Gasteiger partial charge >= 0.3 is 0 Å². The van der Waals surface area contributed by atoms with Gasteiger partial charge in [0, 0.05) is 19.1 Å². The van der Waals surface area contributed by atoms with Crippen LogP contribution in [0.25, 0.3) is 0 Å². The lowest BCUT2D eigenvalue weighted by Crippen LogP contribution is -2.47. The molecular formula is C15H28N2O3S. The first-order valence-electron chi connectivity index (χ1n) is 8.31. The van der Waals surface area contributed by atoms with E-state index in [1.165, 1.54) is 30.0 Å². The normalized spacial score (nSPS) is 26.2. The Morgan fingerprint density at radius 2 is 1.76 bits per heavy atom. The summed E-state index contributed by atoms with van der Waals surface area (Å²) in [4.78, 5) is 12.4. The highest BCUT2D eigenvalue weighted by Gasteiger charge is 2.32. The van der Waals surface area contributed by atoms with Crippen LogP contribution in [0.15, 0.2) is 0 Å². The topological polar surface area (TPSA) is 66.5 Å². The maximum Gasteiger partial charge on any atom is 0.224 e. The fourth-order valence-corrected chi connectivity index (χ4v) is 4.51. The van der Waals surface area contributed by atoms with Gasteiger partial charge in [-0.3, -0.25) is 4.79 Å². The minimum atomic E-state index is -3.17. The van der Waals surface area contributed by atoms with Crippen LogP contribution in [0.3, 0.4) is 0 Å². The molecule has 2 rings (SSSR count). The summed E-state index contributed by atoms with van der Waals surface area (Å²) in [5.41, 5.74) is 0. The van der Waals surface area contributed by atoms with Gasteiger partial charge < -0.3 is 5.32 Å². The van der Waals surface area contributed by atoms with Crippen LogP contribution in [-0.2, 0) is 14.8 Å². The molecule has 2 fully saturated rings. The average molecular weight is 316 g/mol. The highest BCUT2D eigenvalue weighted by Crippen LogP contribution is 2.22. The van der Waals surface area contributed by atoms with Gasteiger partial charge in [0.05, 0.1) is 11.7 Å². The molecule has 0 bridgehead atoms. The first-order valence-corrected chi connectivity index (χ1v) is 9.92. The van der Waals surface area contributed by atoms with Crippen LogP contribution in [-0.4, -0.2) is 43.5 Å². The maximum atomic E-state index is 12.4. The molecule has 1 aliphatic heterocycles. The van der Waals surface area contributed by atoms with E-state index in [-0.39, 0.29) is 23.6 Å². The summed E-state index contributed by atoms with van der Waals surface area (Å²) in [6, 6.07) is 0.290. The molecule has 0 unspecified atom stereocenters. The second-order valence-corrected chi connectivity index (χ2v) is 8.55. The van der Waals surface area contributed by atoms with Crippen LogP contribution in [0.1, 0.15) is 58.3 Å². The third kappa shape index (κ3) is 4.68. The summed E-state index contributed by atoms with van der Waals surface area (Å²) in [6.45, 7) is 2.57. The number of rotatable bonds is 4. The number of nitrogens with zero attached hydrogens (tertiary/aromatic N) is 1. The third-order valence-electron chi connectivity index (χ3n) is 4.71. The Morgan fingerprint density at radius 3 is 2.38 bits per heavy atom. The standard InChI is InChI=1S/C15H28N2O3S/c1-2-21(19,20)17-11-7-8-13(12-17)15(18)16-14-9-5-3-4-6-10-14/h13-14H,2-12H2,1H3,(H,16,18)/t13-/m1/s1. The van der Waals surface area contributed by atoms with Crippen molar-refractivity contribution in [2.24, 2.45) is 5.92 Å². The van der Waals surface area contributed by atoms with Gasteiger partial charge in [0.1, 0.15) is 0 Å². The molecule has 1 heterocycles. The summed E-state index contributed by atoms with van der Waals surface area (Å²) in [5.74, 6) is -0.00882. The minimum absolute atomic E-state index is 0.0536. The molecule has 1 N–H and O–H groups in total. The van der Waals surface area contributed by atoms with E-state index in [2.05, 4.69) is 5.32 Å². The van der Waals surface area contributed by atoms with Gasteiger partial charge in [0.15, 0.2) is 0 Å². The maximum absolute atomic E-state index is 12.4. The first-order chi connectivity index (χ1) is 10.0. The van der Waals surface area contributed by atoms with E-state index in [1.807, 2.05) is 0 Å². The minimum Gasteiger partial charge on any atom is -0.353 e. The molecule has 1 saturated heterocycles. The van der Waals surface area contributed by atoms with E-state index in [0.717, 1.165) is 25.7 Å². The summed E-state index contributed by atoms with van der Waals surface area (Å²) >= 11 is 0. The highest BCUT2D eigenvalue weighted by atomic mass is 32.2. The van der Waals surface area contributed by atoms with E-state index in [9.17, 15) is 13.2 Å². The van der Waals surface area contributed by atoms with Crippen molar-refractivity contribution in [3.63, 3.8) is 0 Å². The predicted molar refractivity (Wildman–Crippen MR) is 83.4 cm³/mol. The van der Waals surface area contributed by atoms with Crippen molar-refractivity contribution >= 4 is 15.9 Å². The number of nitrogens with one attached hydrogen (secondary N) is 1. The van der Waals surface area contributed by atoms with E-state index in [4.69, 9.17) is 0 Å². The van der Waals surface area contributed by atoms with E-state index in [0.29, 0.717) is 13.1 Å². The molecule has 21 heavy (non-hydrogen) atoms. The van der Waals surface area contributed by atoms with E-state index < -0.39 is 10.0 Å². The number of amides is 1. The first kappa shape index (κ1) is 16.7. The van der Waals surface area contributed by atoms with Gasteiger partial charge in [-0.2, -0.15) is 0 Å². The molecule has 1 aliphatic carbocycles. The molecule has 0 aromatic carbocycles. The van der Waals surface area contributed by atoms with Gasteiger partial charge in [-0.1, -0.05) is 25.7 Å². The lowest BCUT2D eigenvalue weighted by Gasteiger charge is -2.31. The van der Waals surface area contributed by atoms with Gasteiger partial charge in [-0.15, -0.1) is 0 Å². The Labute approximate surface area is 128 Å². The fraction of sp³-hybridized carbons (Fsp3) is 0.933. The number of hydrogen-bond acceptors (Lipinski definition) is 3. The van der Waals surface area contributed by atoms with Gasteiger partial charge in [-0.05, 0) is 32.6 Å². The lowest BCUT2D eigenvalue weighted by atomic mass is 9.97. The van der Waals surface area contributed by atoms with Crippen LogP contribution in [0.2, 0.25) is 0 Å². The smallest absolute Gasteiger partial charge is 0.224 e. The largest absolute Gasteiger partial charge is 0.353 e. The molecule has 0 spiro atoms. The summed E-state index contributed by atoms with van der Waals surface area (Å²) in [6.07, 6.45) is 8.61. The van der Waals surface area contributed by atoms with Gasteiger partial charge in [0.25, 0.3) is 0 Å². The van der Waals surface area contributed by atoms with Crippen molar-refractivity contribution in [3.8, 4) is 0 Å². The second kappa shape index (κ2) is 7.58. The third-order valence-corrected chi connectivity index (χ3v) is 6.56. The average Bonchev–Trinajstić information content (AvgIpc) is 2.76. The van der Waals surface area contributed by atoms with Crippen molar-refractivity contribution < 1.29 is 13.2 Å². The Bertz CT molecular complexity index is 442. The van der Waals surface area contributed by atoms with Crippen molar-refractivity contribution in [1.82, 2.24) is 9.62 Å². The fourth-order valence-electron chi connectivity index (χ4n) is 3.33. The number of carbonyl (C=O) groups is 1. The Balaban J connectivity index is 1.89. The molecule has 0 aromatic rings. The quantitative estimate of drug-likeness (QED) is 0.805.